The van der Waals surface area contributed by atoms with E-state index in [2.05, 4.69) is 55.9 Å². The summed E-state index contributed by atoms with van der Waals surface area (Å²) >= 11 is 3.29. The first-order valence-electron chi connectivity index (χ1n) is 6.70. The molecule has 0 aliphatic heterocycles. The molecule has 0 amide bonds. The summed E-state index contributed by atoms with van der Waals surface area (Å²) in [5, 5.41) is 0.341. The Labute approximate surface area is 117 Å². The Morgan fingerprint density at radius 3 is 2.18 bits per heavy atom. The molecule has 1 nitrogen and oxygen atoms in total. The van der Waals surface area contributed by atoms with E-state index in [0.29, 0.717) is 5.04 Å². The van der Waals surface area contributed by atoms with Crippen LogP contribution in [0.2, 0.25) is 18.1 Å². The topological polar surface area (TPSA) is 9.23 Å². The lowest BCUT2D eigenvalue weighted by Gasteiger charge is -2.36. The van der Waals surface area contributed by atoms with Crippen LogP contribution < -0.4 is 0 Å². The van der Waals surface area contributed by atoms with Crippen molar-refractivity contribution in [1.82, 2.24) is 0 Å². The number of hydrogen-bond acceptors (Lipinski definition) is 1. The first-order chi connectivity index (χ1) is 7.81. The van der Waals surface area contributed by atoms with Gasteiger partial charge in [-0.3, -0.25) is 0 Å². The van der Waals surface area contributed by atoms with Gasteiger partial charge in [0.1, 0.15) is 0 Å². The van der Waals surface area contributed by atoms with Crippen LogP contribution in [0.5, 0.6) is 0 Å². The summed E-state index contributed by atoms with van der Waals surface area (Å²) in [6.07, 6.45) is 8.48. The van der Waals surface area contributed by atoms with Crippen molar-refractivity contribution in [3.05, 3.63) is 11.1 Å². The van der Waals surface area contributed by atoms with Crippen molar-refractivity contribution in [2.24, 2.45) is 0 Å². The van der Waals surface area contributed by atoms with Gasteiger partial charge in [-0.05, 0) is 42.4 Å². The van der Waals surface area contributed by atoms with Crippen LogP contribution in [0, 0.1) is 0 Å². The van der Waals surface area contributed by atoms with E-state index in [1.165, 1.54) is 32.1 Å². The van der Waals surface area contributed by atoms with Gasteiger partial charge >= 0.3 is 0 Å². The average molecular weight is 321 g/mol. The standard InChI is InChI=1S/C14H29BrOSi/c1-14(2,3)17(4,5)16-13-11-9-7-6-8-10-12-15/h10,12H,6-9,11,13H2,1-5H3. The van der Waals surface area contributed by atoms with Crippen molar-refractivity contribution in [2.45, 2.75) is 71.0 Å². The van der Waals surface area contributed by atoms with Crippen molar-refractivity contribution in [2.75, 3.05) is 6.61 Å². The molecule has 0 atom stereocenters. The third kappa shape index (κ3) is 8.17. The number of hydrogen-bond donors (Lipinski definition) is 0. The summed E-state index contributed by atoms with van der Waals surface area (Å²) in [4.78, 5) is 1.95. The molecular formula is C14H29BrOSi. The maximum atomic E-state index is 6.14. The van der Waals surface area contributed by atoms with Crippen molar-refractivity contribution in [1.29, 1.82) is 0 Å². The summed E-state index contributed by atoms with van der Waals surface area (Å²) in [6, 6.07) is 0. The summed E-state index contributed by atoms with van der Waals surface area (Å²) in [5.41, 5.74) is 0. The van der Waals surface area contributed by atoms with E-state index in [9.17, 15) is 0 Å². The molecule has 0 aromatic carbocycles. The van der Waals surface area contributed by atoms with E-state index in [4.69, 9.17) is 4.43 Å². The first kappa shape index (κ1) is 17.4. The molecule has 0 aromatic rings. The quantitative estimate of drug-likeness (QED) is 0.401. The number of rotatable bonds is 8. The Balaban J connectivity index is 3.52. The average Bonchev–Trinajstić information content (AvgIpc) is 2.20. The zero-order valence-electron chi connectivity index (χ0n) is 12.2. The molecule has 0 saturated heterocycles. The number of unbranched alkanes of at least 4 members (excludes halogenated alkanes) is 4. The molecule has 0 fully saturated rings. The monoisotopic (exact) mass is 320 g/mol. The van der Waals surface area contributed by atoms with Gasteiger partial charge in [0, 0.05) is 6.61 Å². The summed E-state index contributed by atoms with van der Waals surface area (Å²) in [5.74, 6) is 0. The molecular weight excluding hydrogens is 292 g/mol. The molecule has 0 aliphatic carbocycles. The lowest BCUT2D eigenvalue weighted by Crippen LogP contribution is -2.40. The highest BCUT2D eigenvalue weighted by molar-refractivity contribution is 9.11. The molecule has 0 heterocycles. The SMILES string of the molecule is CC(C)(C)[Si](C)(C)OCCCCCCC=CBr. The largest absolute Gasteiger partial charge is 0.417 e. The van der Waals surface area contributed by atoms with E-state index in [1.54, 1.807) is 0 Å². The zero-order valence-corrected chi connectivity index (χ0v) is 14.8. The lowest BCUT2D eigenvalue weighted by atomic mass is 10.1. The molecule has 0 aromatic heterocycles. The minimum atomic E-state index is -1.50. The van der Waals surface area contributed by atoms with Crippen molar-refractivity contribution < 1.29 is 4.43 Å². The van der Waals surface area contributed by atoms with Crippen molar-refractivity contribution in [3.8, 4) is 0 Å². The third-order valence-corrected chi connectivity index (χ3v) is 8.54. The highest BCUT2D eigenvalue weighted by Crippen LogP contribution is 2.36. The Bertz CT molecular complexity index is 219. The van der Waals surface area contributed by atoms with Gasteiger partial charge in [-0.25, -0.2) is 0 Å². The Kier molecular flexibility index (Phi) is 8.69. The van der Waals surface area contributed by atoms with Gasteiger partial charge in [-0.1, -0.05) is 55.6 Å². The van der Waals surface area contributed by atoms with Crippen LogP contribution in [0.25, 0.3) is 0 Å². The van der Waals surface area contributed by atoms with E-state index in [-0.39, 0.29) is 0 Å². The van der Waals surface area contributed by atoms with Gasteiger partial charge < -0.3 is 4.43 Å². The molecule has 0 saturated carbocycles. The van der Waals surface area contributed by atoms with Gasteiger partial charge in [0.2, 0.25) is 0 Å². The van der Waals surface area contributed by atoms with E-state index >= 15 is 0 Å². The highest BCUT2D eigenvalue weighted by Gasteiger charge is 2.36. The van der Waals surface area contributed by atoms with E-state index < -0.39 is 8.32 Å². The fraction of sp³-hybridized carbons (Fsp3) is 0.857. The molecule has 0 rings (SSSR count). The van der Waals surface area contributed by atoms with Crippen LogP contribution in [0.15, 0.2) is 11.1 Å². The van der Waals surface area contributed by atoms with Crippen LogP contribution in [0.3, 0.4) is 0 Å². The molecule has 102 valence electrons. The second kappa shape index (κ2) is 8.49. The minimum absolute atomic E-state index is 0.341. The second-order valence-electron chi connectivity index (χ2n) is 6.17. The number of halogens is 1. The van der Waals surface area contributed by atoms with Gasteiger partial charge in [-0.2, -0.15) is 0 Å². The summed E-state index contributed by atoms with van der Waals surface area (Å²) in [6.45, 7) is 12.5. The first-order valence-corrected chi connectivity index (χ1v) is 10.5. The fourth-order valence-corrected chi connectivity index (χ4v) is 2.68. The van der Waals surface area contributed by atoms with Crippen LogP contribution >= 0.6 is 15.9 Å². The molecule has 0 unspecified atom stereocenters. The van der Waals surface area contributed by atoms with Crippen LogP contribution in [0.4, 0.5) is 0 Å². The second-order valence-corrected chi connectivity index (χ2v) is 11.5. The van der Waals surface area contributed by atoms with Gasteiger partial charge in [-0.15, -0.1) is 0 Å². The van der Waals surface area contributed by atoms with E-state index in [1.807, 2.05) is 4.99 Å². The molecule has 3 heteroatoms. The molecule has 17 heavy (non-hydrogen) atoms. The van der Waals surface area contributed by atoms with Crippen LogP contribution in [-0.4, -0.2) is 14.9 Å². The van der Waals surface area contributed by atoms with E-state index in [0.717, 1.165) is 6.61 Å². The zero-order chi connectivity index (χ0) is 13.4. The Morgan fingerprint density at radius 1 is 1.06 bits per heavy atom. The maximum absolute atomic E-state index is 6.14. The predicted molar refractivity (Wildman–Crippen MR) is 84.3 cm³/mol. The van der Waals surface area contributed by atoms with Crippen LogP contribution in [0.1, 0.15) is 52.9 Å². The summed E-state index contributed by atoms with van der Waals surface area (Å²) < 4.78 is 6.14. The Morgan fingerprint density at radius 2 is 1.65 bits per heavy atom. The predicted octanol–water partition coefficient (Wildman–Crippen LogP) is 5.87. The molecule has 0 radical (unpaired) electrons. The molecule has 0 spiro atoms. The van der Waals surface area contributed by atoms with Crippen molar-refractivity contribution in [3.63, 3.8) is 0 Å². The third-order valence-electron chi connectivity index (χ3n) is 3.62. The highest BCUT2D eigenvalue weighted by atomic mass is 79.9. The van der Waals surface area contributed by atoms with Gasteiger partial charge in [0.05, 0.1) is 0 Å². The Hall–Kier alpha value is 0.397. The maximum Gasteiger partial charge on any atom is 0.191 e. The van der Waals surface area contributed by atoms with Gasteiger partial charge in [0.25, 0.3) is 0 Å². The molecule has 0 N–H and O–H groups in total. The minimum Gasteiger partial charge on any atom is -0.417 e. The van der Waals surface area contributed by atoms with Crippen LogP contribution in [-0.2, 0) is 4.43 Å². The molecule has 0 bridgehead atoms. The van der Waals surface area contributed by atoms with Crippen molar-refractivity contribution >= 4 is 24.2 Å². The number of allylic oxidation sites excluding steroid dienone is 1. The smallest absolute Gasteiger partial charge is 0.191 e. The lowest BCUT2D eigenvalue weighted by molar-refractivity contribution is 0.277. The molecule has 0 aliphatic rings. The fourth-order valence-electron chi connectivity index (χ4n) is 1.32. The summed E-state index contributed by atoms with van der Waals surface area (Å²) in [7, 11) is -1.50. The normalized spacial score (nSPS) is 13.5. The van der Waals surface area contributed by atoms with Gasteiger partial charge in [0.15, 0.2) is 8.32 Å².